The summed E-state index contributed by atoms with van der Waals surface area (Å²) in [6.45, 7) is 4.86. The molecule has 0 fully saturated rings. The largest absolute Gasteiger partial charge is 0.459 e. The molecule has 0 aromatic heterocycles. The van der Waals surface area contributed by atoms with Crippen LogP contribution in [0.2, 0.25) is 10.0 Å². The number of thioether (sulfide) groups is 1. The normalized spacial score (nSPS) is 13.7. The van der Waals surface area contributed by atoms with Gasteiger partial charge in [-0.25, -0.2) is 8.78 Å². The van der Waals surface area contributed by atoms with Crippen LogP contribution in [0, 0.1) is 11.6 Å². The molecule has 2 aromatic carbocycles. The maximum absolute atomic E-state index is 13.9. The Bertz CT molecular complexity index is 1150. The molecule has 0 unspecified atom stereocenters. The highest BCUT2D eigenvalue weighted by molar-refractivity contribution is 8.06. The van der Waals surface area contributed by atoms with Gasteiger partial charge in [0.2, 0.25) is 0 Å². The quantitative estimate of drug-likeness (QED) is 0.376. The van der Waals surface area contributed by atoms with Crippen LogP contribution in [0.3, 0.4) is 0 Å². The van der Waals surface area contributed by atoms with Crippen LogP contribution in [-0.2, 0) is 9.53 Å². The summed E-state index contributed by atoms with van der Waals surface area (Å²) >= 11 is 13.5. The second-order valence-electron chi connectivity index (χ2n) is 8.63. The van der Waals surface area contributed by atoms with Crippen LogP contribution in [0.25, 0.3) is 5.57 Å². The first kappa shape index (κ1) is 26.3. The van der Waals surface area contributed by atoms with E-state index >= 15 is 0 Å². The van der Waals surface area contributed by atoms with Crippen molar-refractivity contribution in [1.29, 1.82) is 0 Å². The number of halogens is 4. The second-order valence-corrected chi connectivity index (χ2v) is 10.5. The van der Waals surface area contributed by atoms with Gasteiger partial charge < -0.3 is 9.64 Å². The van der Waals surface area contributed by atoms with Crippen molar-refractivity contribution in [2.75, 3.05) is 13.1 Å². The van der Waals surface area contributed by atoms with E-state index < -0.39 is 29.1 Å². The molecule has 2 aromatic rings. The van der Waals surface area contributed by atoms with E-state index in [1.807, 2.05) is 11.5 Å². The van der Waals surface area contributed by atoms with Crippen molar-refractivity contribution in [1.82, 2.24) is 4.90 Å². The van der Waals surface area contributed by atoms with Crippen molar-refractivity contribution in [2.45, 2.75) is 32.8 Å². The van der Waals surface area contributed by atoms with Gasteiger partial charge in [0.15, 0.2) is 0 Å². The van der Waals surface area contributed by atoms with Gasteiger partial charge in [-0.1, -0.05) is 29.3 Å². The number of nitrogens with zero attached hydrogens (tertiary/aromatic N) is 1. The lowest BCUT2D eigenvalue weighted by Crippen LogP contribution is -2.40. The van der Waals surface area contributed by atoms with Crippen LogP contribution >= 0.6 is 35.0 Å². The summed E-state index contributed by atoms with van der Waals surface area (Å²) in [5.41, 5.74) is 0.466. The highest BCUT2D eigenvalue weighted by atomic mass is 35.5. The minimum atomic E-state index is -0.741. The number of carbonyl (C=O) groups excluding carboxylic acids is 2. The highest BCUT2D eigenvalue weighted by Gasteiger charge is 2.27. The lowest BCUT2D eigenvalue weighted by molar-refractivity contribution is -0.155. The minimum absolute atomic E-state index is 0.0134. The van der Waals surface area contributed by atoms with Gasteiger partial charge >= 0.3 is 5.97 Å². The number of rotatable bonds is 6. The first-order chi connectivity index (χ1) is 15.9. The van der Waals surface area contributed by atoms with E-state index in [-0.39, 0.29) is 23.7 Å². The maximum Gasteiger partial charge on any atom is 0.326 e. The molecule has 34 heavy (non-hydrogen) atoms. The molecule has 1 aliphatic heterocycles. The summed E-state index contributed by atoms with van der Waals surface area (Å²) in [4.78, 5) is 28.0. The molecule has 4 nitrogen and oxygen atoms in total. The first-order valence-electron chi connectivity index (χ1n) is 10.4. The fourth-order valence-electron chi connectivity index (χ4n) is 3.36. The molecule has 0 atom stereocenters. The Morgan fingerprint density at radius 2 is 1.76 bits per heavy atom. The van der Waals surface area contributed by atoms with Crippen molar-refractivity contribution in [2.24, 2.45) is 0 Å². The third kappa shape index (κ3) is 7.08. The van der Waals surface area contributed by atoms with E-state index in [9.17, 15) is 18.4 Å². The molecule has 0 saturated carbocycles. The fourth-order valence-corrected chi connectivity index (χ4v) is 4.78. The number of allylic oxidation sites excluding steroid dienone is 2. The van der Waals surface area contributed by atoms with Gasteiger partial charge in [0, 0.05) is 16.0 Å². The van der Waals surface area contributed by atoms with Gasteiger partial charge in [-0.15, -0.1) is 11.8 Å². The molecule has 1 amide bonds. The average Bonchev–Trinajstić information content (AvgIpc) is 2.71. The van der Waals surface area contributed by atoms with Crippen molar-refractivity contribution in [3.63, 3.8) is 0 Å². The molecule has 0 radical (unpaired) electrons. The molecular formula is C25H23Cl2F2NO3S. The number of benzene rings is 2. The topological polar surface area (TPSA) is 46.6 Å². The standard InChI is InChI=1S/C25H23Cl2F2NO3S/c1-25(2,3)33-23(31)14-30(24(32)20-7-6-16(26)11-21(20)27)13-22-19(5-4-8-34-22)15-9-17(28)12-18(29)10-15/h4,6-12H,5,13-14H2,1-3H3. The number of hydrogen-bond acceptors (Lipinski definition) is 4. The van der Waals surface area contributed by atoms with E-state index in [1.165, 1.54) is 47.0 Å². The second kappa shape index (κ2) is 10.9. The maximum atomic E-state index is 13.9. The third-order valence-electron chi connectivity index (χ3n) is 4.70. The molecule has 0 saturated heterocycles. The Morgan fingerprint density at radius 3 is 2.38 bits per heavy atom. The SMILES string of the molecule is CC(C)(C)OC(=O)CN(CC1=C(c2cc(F)cc(F)c2)CC=CS1)C(=O)c1ccc(Cl)cc1Cl. The summed E-state index contributed by atoms with van der Waals surface area (Å²) in [5, 5.41) is 2.34. The smallest absolute Gasteiger partial charge is 0.326 e. The molecule has 3 rings (SSSR count). The molecule has 1 heterocycles. The average molecular weight is 526 g/mol. The van der Waals surface area contributed by atoms with E-state index in [4.69, 9.17) is 27.9 Å². The summed E-state index contributed by atoms with van der Waals surface area (Å²) in [5.74, 6) is -2.49. The van der Waals surface area contributed by atoms with Crippen LogP contribution in [-0.4, -0.2) is 35.5 Å². The zero-order valence-corrected chi connectivity index (χ0v) is 21.2. The number of esters is 1. The van der Waals surface area contributed by atoms with E-state index in [1.54, 1.807) is 20.8 Å². The Morgan fingerprint density at radius 1 is 1.09 bits per heavy atom. The van der Waals surface area contributed by atoms with Crippen LogP contribution in [0.4, 0.5) is 8.78 Å². The molecule has 0 N–H and O–H groups in total. The van der Waals surface area contributed by atoms with Crippen LogP contribution < -0.4 is 0 Å². The van der Waals surface area contributed by atoms with Crippen molar-refractivity contribution >= 4 is 52.4 Å². The minimum Gasteiger partial charge on any atom is -0.459 e. The van der Waals surface area contributed by atoms with Crippen molar-refractivity contribution in [3.05, 3.63) is 85.6 Å². The molecule has 9 heteroatoms. The van der Waals surface area contributed by atoms with Gasteiger partial charge in [0.1, 0.15) is 23.8 Å². The summed E-state index contributed by atoms with van der Waals surface area (Å²) in [6, 6.07) is 7.75. The molecule has 1 aliphatic rings. The van der Waals surface area contributed by atoms with E-state index in [2.05, 4.69) is 0 Å². The predicted octanol–water partition coefficient (Wildman–Crippen LogP) is 7.12. The zero-order valence-electron chi connectivity index (χ0n) is 18.8. The Hall–Kier alpha value is -2.35. The zero-order chi connectivity index (χ0) is 25.0. The number of amides is 1. The van der Waals surface area contributed by atoms with E-state index in [0.717, 1.165) is 6.07 Å². The highest BCUT2D eigenvalue weighted by Crippen LogP contribution is 2.36. The van der Waals surface area contributed by atoms with Crippen LogP contribution in [0.1, 0.15) is 43.1 Å². The van der Waals surface area contributed by atoms with Gasteiger partial charge in [-0.2, -0.15) is 0 Å². The van der Waals surface area contributed by atoms with Crippen LogP contribution in [0.15, 0.2) is 52.8 Å². The number of hydrogen-bond donors (Lipinski definition) is 0. The Balaban J connectivity index is 1.99. The molecular weight excluding hydrogens is 503 g/mol. The van der Waals surface area contributed by atoms with Crippen molar-refractivity contribution < 1.29 is 23.1 Å². The van der Waals surface area contributed by atoms with E-state index in [0.29, 0.717) is 27.5 Å². The lowest BCUT2D eigenvalue weighted by atomic mass is 10.0. The molecule has 0 aliphatic carbocycles. The number of carbonyl (C=O) groups is 2. The van der Waals surface area contributed by atoms with Gasteiger partial charge in [0.25, 0.3) is 5.91 Å². The fraction of sp³-hybridized carbons (Fsp3) is 0.280. The number of ether oxygens (including phenoxy) is 1. The monoisotopic (exact) mass is 525 g/mol. The predicted molar refractivity (Wildman–Crippen MR) is 133 cm³/mol. The van der Waals surface area contributed by atoms with Crippen molar-refractivity contribution in [3.8, 4) is 0 Å². The first-order valence-corrected chi connectivity index (χ1v) is 12.0. The van der Waals surface area contributed by atoms with Crippen LogP contribution in [0.5, 0.6) is 0 Å². The molecule has 0 bridgehead atoms. The van der Waals surface area contributed by atoms with Gasteiger partial charge in [-0.3, -0.25) is 9.59 Å². The third-order valence-corrected chi connectivity index (χ3v) is 6.24. The Labute approximate surface area is 211 Å². The molecule has 0 spiro atoms. The summed E-state index contributed by atoms with van der Waals surface area (Å²) < 4.78 is 33.2. The Kier molecular flexibility index (Phi) is 8.44. The summed E-state index contributed by atoms with van der Waals surface area (Å²) in [6.07, 6.45) is 2.28. The molecule has 180 valence electrons. The van der Waals surface area contributed by atoms with Gasteiger partial charge in [-0.05, 0) is 74.1 Å². The van der Waals surface area contributed by atoms with Gasteiger partial charge in [0.05, 0.1) is 17.1 Å². The summed E-state index contributed by atoms with van der Waals surface area (Å²) in [7, 11) is 0. The lowest BCUT2D eigenvalue weighted by Gasteiger charge is -2.28.